The second-order valence-electron chi connectivity index (χ2n) is 10.5. The van der Waals surface area contributed by atoms with Crippen LogP contribution in [-0.4, -0.2) is 25.2 Å². The maximum Gasteiger partial charge on any atom is 0.305 e. The number of ether oxygens (including phenoxy) is 2. The minimum Gasteiger partial charge on any atom is -0.466 e. The number of hydrogen-bond acceptors (Lipinski definition) is 4. The van der Waals surface area contributed by atoms with Crippen LogP contribution in [0.25, 0.3) is 0 Å². The smallest absolute Gasteiger partial charge is 0.305 e. The highest BCUT2D eigenvalue weighted by Crippen LogP contribution is 2.15. The van der Waals surface area contributed by atoms with Crippen LogP contribution in [0.3, 0.4) is 0 Å². The summed E-state index contributed by atoms with van der Waals surface area (Å²) in [6, 6.07) is 0. The Morgan fingerprint density at radius 1 is 0.514 bits per heavy atom. The van der Waals surface area contributed by atoms with Gasteiger partial charge < -0.3 is 9.47 Å². The third-order valence-electron chi connectivity index (χ3n) is 7.05. The summed E-state index contributed by atoms with van der Waals surface area (Å²) in [5.74, 6) is 0.0854. The van der Waals surface area contributed by atoms with E-state index < -0.39 is 0 Å². The van der Waals surface area contributed by atoms with E-state index in [0.717, 1.165) is 25.7 Å². The van der Waals surface area contributed by atoms with Crippen molar-refractivity contribution in [3.8, 4) is 0 Å². The Morgan fingerprint density at radius 3 is 1.40 bits per heavy atom. The van der Waals surface area contributed by atoms with Gasteiger partial charge in [-0.3, -0.25) is 9.59 Å². The van der Waals surface area contributed by atoms with Gasteiger partial charge in [-0.25, -0.2) is 0 Å². The molecule has 0 aromatic heterocycles. The molecule has 0 aliphatic heterocycles. The van der Waals surface area contributed by atoms with Crippen molar-refractivity contribution in [2.24, 2.45) is 5.92 Å². The minimum absolute atomic E-state index is 0.187. The van der Waals surface area contributed by atoms with Gasteiger partial charge in [-0.05, 0) is 25.2 Å². The summed E-state index contributed by atoms with van der Waals surface area (Å²) in [6.45, 7) is 7.62. The lowest BCUT2D eigenvalue weighted by atomic mass is 10.0. The molecule has 0 aromatic rings. The van der Waals surface area contributed by atoms with Gasteiger partial charge in [0.15, 0.2) is 0 Å². The van der Waals surface area contributed by atoms with Crippen molar-refractivity contribution < 1.29 is 19.1 Å². The van der Waals surface area contributed by atoms with Crippen LogP contribution in [-0.2, 0) is 19.1 Å². The van der Waals surface area contributed by atoms with E-state index in [9.17, 15) is 9.59 Å². The number of unbranched alkanes of at least 4 members (excludes halogenated alkanes) is 16. The van der Waals surface area contributed by atoms with Gasteiger partial charge in [0.25, 0.3) is 0 Å². The SMILES string of the molecule is CCCCCCCCCCCCCCCCCCOC(=O)CCCC(=O)OCC(CC)CCCC. The van der Waals surface area contributed by atoms with Crippen molar-refractivity contribution in [3.63, 3.8) is 0 Å². The van der Waals surface area contributed by atoms with Crippen LogP contribution in [0.5, 0.6) is 0 Å². The molecule has 0 N–H and O–H groups in total. The second kappa shape index (κ2) is 27.5. The number of esters is 2. The summed E-state index contributed by atoms with van der Waals surface area (Å²) in [5, 5.41) is 0. The Morgan fingerprint density at radius 2 is 0.943 bits per heavy atom. The molecule has 1 unspecified atom stereocenters. The van der Waals surface area contributed by atoms with Crippen LogP contribution in [0.2, 0.25) is 0 Å². The third-order valence-corrected chi connectivity index (χ3v) is 7.05. The zero-order chi connectivity index (χ0) is 25.8. The van der Waals surface area contributed by atoms with E-state index >= 15 is 0 Å². The van der Waals surface area contributed by atoms with Gasteiger partial charge in [-0.2, -0.15) is 0 Å². The summed E-state index contributed by atoms with van der Waals surface area (Å²) in [4.78, 5) is 23.7. The van der Waals surface area contributed by atoms with E-state index in [1.807, 2.05) is 0 Å². The lowest BCUT2D eigenvalue weighted by Crippen LogP contribution is -2.14. The molecular weight excluding hydrogens is 436 g/mol. The molecule has 4 heteroatoms. The van der Waals surface area contributed by atoms with E-state index in [2.05, 4.69) is 20.8 Å². The topological polar surface area (TPSA) is 52.6 Å². The quantitative estimate of drug-likeness (QED) is 0.0838. The Labute approximate surface area is 218 Å². The average molecular weight is 497 g/mol. The van der Waals surface area contributed by atoms with Gasteiger partial charge in [0, 0.05) is 12.8 Å². The molecule has 0 amide bonds. The molecule has 208 valence electrons. The Hall–Kier alpha value is -1.06. The maximum atomic E-state index is 11.9. The van der Waals surface area contributed by atoms with Crippen molar-refractivity contribution in [2.75, 3.05) is 13.2 Å². The van der Waals surface area contributed by atoms with Gasteiger partial charge in [0.1, 0.15) is 0 Å². The standard InChI is InChI=1S/C31H60O4/c1-4-7-9-10-11-12-13-14-15-16-17-18-19-20-21-22-27-34-30(32)25-23-26-31(33)35-28-29(6-3)24-8-5-2/h29H,4-28H2,1-3H3. The number of rotatable bonds is 27. The molecule has 0 bridgehead atoms. The first-order valence-corrected chi connectivity index (χ1v) is 15.4. The number of carbonyl (C=O) groups excluding carboxylic acids is 2. The predicted octanol–water partition coefficient (Wildman–Crippen LogP) is 9.72. The Kier molecular flexibility index (Phi) is 26.7. The van der Waals surface area contributed by atoms with Crippen LogP contribution < -0.4 is 0 Å². The second-order valence-corrected chi connectivity index (χ2v) is 10.5. The highest BCUT2D eigenvalue weighted by atomic mass is 16.5. The third kappa shape index (κ3) is 25.8. The van der Waals surface area contributed by atoms with Crippen LogP contribution in [0.1, 0.15) is 168 Å². The highest BCUT2D eigenvalue weighted by Gasteiger charge is 2.11. The summed E-state index contributed by atoms with van der Waals surface area (Å²) < 4.78 is 10.7. The Balaban J connectivity index is 3.35. The van der Waals surface area contributed by atoms with Crippen LogP contribution >= 0.6 is 0 Å². The lowest BCUT2D eigenvalue weighted by molar-refractivity contribution is -0.146. The first-order valence-electron chi connectivity index (χ1n) is 15.4. The molecule has 0 aliphatic rings. The molecule has 0 radical (unpaired) electrons. The van der Waals surface area contributed by atoms with Crippen molar-refractivity contribution >= 4 is 11.9 Å². The molecule has 1 atom stereocenters. The molecule has 0 aliphatic carbocycles. The minimum atomic E-state index is -0.189. The summed E-state index contributed by atoms with van der Waals surface area (Å²) in [5.41, 5.74) is 0. The Bertz CT molecular complexity index is 463. The molecule has 0 saturated heterocycles. The maximum absolute atomic E-state index is 11.9. The van der Waals surface area contributed by atoms with E-state index in [4.69, 9.17) is 9.47 Å². The van der Waals surface area contributed by atoms with Crippen molar-refractivity contribution in [2.45, 2.75) is 168 Å². The largest absolute Gasteiger partial charge is 0.466 e. The molecule has 0 saturated carbocycles. The summed E-state index contributed by atoms with van der Waals surface area (Å²) >= 11 is 0. The fourth-order valence-electron chi connectivity index (χ4n) is 4.47. The zero-order valence-electron chi connectivity index (χ0n) is 23.9. The molecule has 0 spiro atoms. The molecule has 4 nitrogen and oxygen atoms in total. The molecule has 0 aromatic carbocycles. The van der Waals surface area contributed by atoms with E-state index in [1.165, 1.54) is 103 Å². The first kappa shape index (κ1) is 33.9. The summed E-state index contributed by atoms with van der Waals surface area (Å²) in [6.07, 6.45) is 27.1. The fourth-order valence-corrected chi connectivity index (χ4v) is 4.47. The molecule has 0 fully saturated rings. The van der Waals surface area contributed by atoms with Crippen LogP contribution in [0.15, 0.2) is 0 Å². The normalized spacial score (nSPS) is 12.0. The number of hydrogen-bond donors (Lipinski definition) is 0. The van der Waals surface area contributed by atoms with Gasteiger partial charge in [0.2, 0.25) is 0 Å². The van der Waals surface area contributed by atoms with Gasteiger partial charge in [0.05, 0.1) is 13.2 Å². The van der Waals surface area contributed by atoms with Crippen LogP contribution in [0.4, 0.5) is 0 Å². The van der Waals surface area contributed by atoms with E-state index in [-0.39, 0.29) is 11.9 Å². The molecule has 0 heterocycles. The van der Waals surface area contributed by atoms with Gasteiger partial charge in [-0.1, -0.05) is 136 Å². The molecular formula is C31H60O4. The molecule has 35 heavy (non-hydrogen) atoms. The molecule has 0 rings (SSSR count). The average Bonchev–Trinajstić information content (AvgIpc) is 2.86. The van der Waals surface area contributed by atoms with E-state index in [1.54, 1.807) is 0 Å². The van der Waals surface area contributed by atoms with Crippen molar-refractivity contribution in [1.82, 2.24) is 0 Å². The fraction of sp³-hybridized carbons (Fsp3) is 0.935. The van der Waals surface area contributed by atoms with Crippen molar-refractivity contribution in [1.29, 1.82) is 0 Å². The van der Waals surface area contributed by atoms with Crippen molar-refractivity contribution in [3.05, 3.63) is 0 Å². The monoisotopic (exact) mass is 496 g/mol. The zero-order valence-corrected chi connectivity index (χ0v) is 23.9. The van der Waals surface area contributed by atoms with E-state index in [0.29, 0.717) is 38.4 Å². The highest BCUT2D eigenvalue weighted by molar-refractivity contribution is 5.72. The van der Waals surface area contributed by atoms with Gasteiger partial charge >= 0.3 is 11.9 Å². The predicted molar refractivity (Wildman–Crippen MR) is 149 cm³/mol. The number of carbonyl (C=O) groups is 2. The summed E-state index contributed by atoms with van der Waals surface area (Å²) in [7, 11) is 0. The first-order chi connectivity index (χ1) is 17.1. The van der Waals surface area contributed by atoms with Crippen LogP contribution in [0, 0.1) is 5.92 Å². The van der Waals surface area contributed by atoms with Gasteiger partial charge in [-0.15, -0.1) is 0 Å². The lowest BCUT2D eigenvalue weighted by Gasteiger charge is -2.14.